The number of nitrogens with zero attached hydrogens (tertiary/aromatic N) is 1. The molecule has 0 saturated heterocycles. The maximum absolute atomic E-state index is 10.6. The highest BCUT2D eigenvalue weighted by atomic mass is 16.5. The van der Waals surface area contributed by atoms with Gasteiger partial charge in [-0.1, -0.05) is 0 Å². The van der Waals surface area contributed by atoms with Crippen LogP contribution in [0.25, 0.3) is 0 Å². The molecule has 0 saturated carbocycles. The molecule has 0 aromatic carbocycles. The molecule has 4 heteroatoms. The van der Waals surface area contributed by atoms with Gasteiger partial charge in [0.1, 0.15) is 5.69 Å². The average Bonchev–Trinajstić information content (AvgIpc) is 1.85. The minimum absolute atomic E-state index is 0.184. The number of pyridine rings is 1. The van der Waals surface area contributed by atoms with E-state index in [0.29, 0.717) is 10.4 Å². The third-order valence-corrected chi connectivity index (χ3v) is 1.10. The first kappa shape index (κ1) is 7.53. The van der Waals surface area contributed by atoms with E-state index in [2.05, 4.69) is 5.32 Å². The molecule has 11 heavy (non-hydrogen) atoms. The van der Waals surface area contributed by atoms with E-state index in [1.54, 1.807) is 12.1 Å². The maximum atomic E-state index is 10.6. The molecular formula is C7H8N2O2. The zero-order valence-corrected chi connectivity index (χ0v) is 6.07. The second-order valence-electron chi connectivity index (χ2n) is 2.13. The van der Waals surface area contributed by atoms with Crippen molar-refractivity contribution in [2.75, 3.05) is 5.32 Å². The van der Waals surface area contributed by atoms with Crippen LogP contribution in [-0.2, 0) is 4.79 Å². The Kier molecular flexibility index (Phi) is 2.06. The lowest BCUT2D eigenvalue weighted by Gasteiger charge is -1.99. The summed E-state index contributed by atoms with van der Waals surface area (Å²) in [5.41, 5.74) is 0.509. The van der Waals surface area contributed by atoms with Crippen molar-refractivity contribution < 1.29 is 9.52 Å². The molecule has 1 aromatic heterocycles. The largest absolute Gasteiger partial charge is 0.619 e. The van der Waals surface area contributed by atoms with Gasteiger partial charge in [0.25, 0.3) is 0 Å². The molecule has 0 bridgehead atoms. The molecule has 0 aliphatic rings. The van der Waals surface area contributed by atoms with E-state index in [9.17, 15) is 10.0 Å². The van der Waals surface area contributed by atoms with Crippen molar-refractivity contribution >= 4 is 11.6 Å². The van der Waals surface area contributed by atoms with Crippen molar-refractivity contribution in [1.82, 2.24) is 0 Å². The van der Waals surface area contributed by atoms with Gasteiger partial charge in [-0.25, -0.2) is 0 Å². The Bertz CT molecular complexity index is 273. The Morgan fingerprint density at radius 2 is 2.45 bits per heavy atom. The second-order valence-corrected chi connectivity index (χ2v) is 2.13. The molecule has 1 rings (SSSR count). The molecular weight excluding hydrogens is 144 g/mol. The van der Waals surface area contributed by atoms with E-state index in [1.165, 1.54) is 19.3 Å². The summed E-state index contributed by atoms with van der Waals surface area (Å²) in [6.07, 6.45) is 2.65. The van der Waals surface area contributed by atoms with Crippen LogP contribution in [0, 0.1) is 5.21 Å². The Morgan fingerprint density at radius 1 is 1.73 bits per heavy atom. The monoisotopic (exact) mass is 152 g/mol. The first-order valence-electron chi connectivity index (χ1n) is 3.15. The number of hydrogen-bond donors (Lipinski definition) is 1. The molecule has 1 amide bonds. The van der Waals surface area contributed by atoms with Gasteiger partial charge in [0.05, 0.1) is 0 Å². The second kappa shape index (κ2) is 3.01. The standard InChI is InChI=1S/C7H8N2O2/c1-6(10)8-7-3-2-4-9(11)5-7/h2-5H,1H3,(H,8,10). The van der Waals surface area contributed by atoms with Crippen molar-refractivity contribution in [2.45, 2.75) is 6.92 Å². The Balaban J connectivity index is 2.79. The molecule has 0 unspecified atom stereocenters. The number of nitrogens with one attached hydrogen (secondary N) is 1. The normalized spacial score (nSPS) is 9.18. The van der Waals surface area contributed by atoms with Crippen LogP contribution < -0.4 is 10.0 Å². The minimum Gasteiger partial charge on any atom is -0.619 e. The lowest BCUT2D eigenvalue weighted by atomic mass is 10.4. The fraction of sp³-hybridized carbons (Fsp3) is 0.143. The van der Waals surface area contributed by atoms with E-state index in [-0.39, 0.29) is 5.91 Å². The lowest BCUT2D eigenvalue weighted by Crippen LogP contribution is -2.25. The van der Waals surface area contributed by atoms with Crippen LogP contribution in [0.1, 0.15) is 6.92 Å². The molecule has 0 fully saturated rings. The number of carbonyl (C=O) groups is 1. The van der Waals surface area contributed by atoms with Gasteiger partial charge in [0, 0.05) is 13.0 Å². The van der Waals surface area contributed by atoms with Crippen LogP contribution in [0.4, 0.5) is 5.69 Å². The number of amides is 1. The topological polar surface area (TPSA) is 56.0 Å². The highest BCUT2D eigenvalue weighted by Gasteiger charge is 1.96. The summed E-state index contributed by atoms with van der Waals surface area (Å²) in [4.78, 5) is 10.5. The van der Waals surface area contributed by atoms with Gasteiger partial charge in [-0.2, -0.15) is 4.73 Å². The zero-order chi connectivity index (χ0) is 8.27. The van der Waals surface area contributed by atoms with Gasteiger partial charge in [-0.05, 0) is 6.07 Å². The van der Waals surface area contributed by atoms with Gasteiger partial charge in [0.15, 0.2) is 6.20 Å². The minimum atomic E-state index is -0.184. The van der Waals surface area contributed by atoms with Gasteiger partial charge >= 0.3 is 0 Å². The first-order valence-corrected chi connectivity index (χ1v) is 3.15. The van der Waals surface area contributed by atoms with Gasteiger partial charge in [-0.15, -0.1) is 0 Å². The summed E-state index contributed by atoms with van der Waals surface area (Å²) >= 11 is 0. The zero-order valence-electron chi connectivity index (χ0n) is 6.07. The van der Waals surface area contributed by atoms with Crippen molar-refractivity contribution in [3.05, 3.63) is 29.7 Å². The van der Waals surface area contributed by atoms with E-state index in [1.807, 2.05) is 0 Å². The SMILES string of the molecule is CC(=O)Nc1ccc[n+]([O-])c1. The summed E-state index contributed by atoms with van der Waals surface area (Å²) in [6.45, 7) is 1.39. The smallest absolute Gasteiger partial charge is 0.221 e. The van der Waals surface area contributed by atoms with Gasteiger partial charge in [0.2, 0.25) is 12.1 Å². The number of rotatable bonds is 1. The van der Waals surface area contributed by atoms with Crippen LogP contribution in [0.15, 0.2) is 24.5 Å². The van der Waals surface area contributed by atoms with Crippen LogP contribution >= 0.6 is 0 Å². The van der Waals surface area contributed by atoms with Crippen LogP contribution in [0.2, 0.25) is 0 Å². The summed E-state index contributed by atoms with van der Waals surface area (Å²) in [5.74, 6) is -0.184. The molecule has 0 atom stereocenters. The Hall–Kier alpha value is -1.58. The van der Waals surface area contributed by atoms with Crippen molar-refractivity contribution in [1.29, 1.82) is 0 Å². The predicted octanol–water partition coefficient (Wildman–Crippen LogP) is 0.278. The highest BCUT2D eigenvalue weighted by Crippen LogP contribution is 1.99. The van der Waals surface area contributed by atoms with Gasteiger partial charge in [-0.3, -0.25) is 4.79 Å². The summed E-state index contributed by atoms with van der Waals surface area (Å²) in [5, 5.41) is 13.1. The molecule has 0 spiro atoms. The fourth-order valence-electron chi connectivity index (χ4n) is 0.732. The molecule has 0 aliphatic heterocycles. The van der Waals surface area contributed by atoms with Crippen LogP contribution in [0.5, 0.6) is 0 Å². The van der Waals surface area contributed by atoms with E-state index < -0.39 is 0 Å². The molecule has 1 aromatic rings. The van der Waals surface area contributed by atoms with Crippen LogP contribution in [-0.4, -0.2) is 5.91 Å². The third-order valence-electron chi connectivity index (χ3n) is 1.10. The molecule has 0 radical (unpaired) electrons. The molecule has 0 aliphatic carbocycles. The van der Waals surface area contributed by atoms with Gasteiger partial charge < -0.3 is 10.5 Å². The van der Waals surface area contributed by atoms with Crippen LogP contribution in [0.3, 0.4) is 0 Å². The summed E-state index contributed by atoms with van der Waals surface area (Å²) in [6, 6.07) is 3.22. The molecule has 58 valence electrons. The first-order chi connectivity index (χ1) is 5.18. The van der Waals surface area contributed by atoms with Crippen molar-refractivity contribution in [3.63, 3.8) is 0 Å². The van der Waals surface area contributed by atoms with E-state index in [0.717, 1.165) is 0 Å². The molecule has 4 nitrogen and oxygen atoms in total. The van der Waals surface area contributed by atoms with Crippen molar-refractivity contribution in [2.24, 2.45) is 0 Å². The van der Waals surface area contributed by atoms with E-state index in [4.69, 9.17) is 0 Å². The summed E-state index contributed by atoms with van der Waals surface area (Å²) in [7, 11) is 0. The third kappa shape index (κ3) is 2.25. The van der Waals surface area contributed by atoms with Crippen molar-refractivity contribution in [3.8, 4) is 0 Å². The highest BCUT2D eigenvalue weighted by molar-refractivity contribution is 5.88. The maximum Gasteiger partial charge on any atom is 0.221 e. The number of anilines is 1. The quantitative estimate of drug-likeness (QED) is 0.464. The fourth-order valence-corrected chi connectivity index (χ4v) is 0.732. The summed E-state index contributed by atoms with van der Waals surface area (Å²) < 4.78 is 0.630. The lowest BCUT2D eigenvalue weighted by molar-refractivity contribution is -0.604. The molecule has 1 heterocycles. The predicted molar refractivity (Wildman–Crippen MR) is 39.7 cm³/mol. The average molecular weight is 152 g/mol. The number of hydrogen-bond acceptors (Lipinski definition) is 2. The Morgan fingerprint density at radius 3 is 3.00 bits per heavy atom. The molecule has 1 N–H and O–H groups in total. The number of carbonyl (C=O) groups excluding carboxylic acids is 1. The number of aromatic nitrogens is 1. The van der Waals surface area contributed by atoms with E-state index >= 15 is 0 Å². The Labute approximate surface area is 64.1 Å².